The predicted octanol–water partition coefficient (Wildman–Crippen LogP) is 2.82. The highest BCUT2D eigenvalue weighted by Crippen LogP contribution is 2.21. The van der Waals surface area contributed by atoms with Gasteiger partial charge in [0.25, 0.3) is 0 Å². The molecule has 0 aromatic heterocycles. The summed E-state index contributed by atoms with van der Waals surface area (Å²) in [5.41, 5.74) is 9.78. The van der Waals surface area contributed by atoms with Crippen LogP contribution in [0.5, 0.6) is 0 Å². The van der Waals surface area contributed by atoms with Gasteiger partial charge in [0.05, 0.1) is 6.04 Å². The summed E-state index contributed by atoms with van der Waals surface area (Å²) < 4.78 is 0. The van der Waals surface area contributed by atoms with Gasteiger partial charge in [-0.3, -0.25) is 4.90 Å². The van der Waals surface area contributed by atoms with Crippen molar-refractivity contribution in [3.05, 3.63) is 46.3 Å². The molecule has 0 saturated carbocycles. The summed E-state index contributed by atoms with van der Waals surface area (Å²) in [5, 5.41) is 3.84. The summed E-state index contributed by atoms with van der Waals surface area (Å²) in [5.74, 6) is 0.458. The molecular formula is C12H16N4. The van der Waals surface area contributed by atoms with Crippen molar-refractivity contribution in [3.8, 4) is 0 Å². The topological polar surface area (TPSA) is 52.0 Å². The monoisotopic (exact) mass is 216 g/mol. The van der Waals surface area contributed by atoms with Gasteiger partial charge >= 0.3 is 0 Å². The van der Waals surface area contributed by atoms with Crippen LogP contribution in [-0.2, 0) is 6.54 Å². The maximum absolute atomic E-state index is 8.46. The standard InChI is InChI=1S/C12H16N4/c1-10-7-16(9-12(10)14-15-13)8-11-5-3-2-4-6-11/h2-6,10,12H,7-9H2,1H3/t10-,12-/m1/s1. The minimum atomic E-state index is 0.133. The third-order valence-corrected chi connectivity index (χ3v) is 3.10. The summed E-state index contributed by atoms with van der Waals surface area (Å²) in [4.78, 5) is 5.25. The number of azide groups is 1. The van der Waals surface area contributed by atoms with Crippen LogP contribution in [0.25, 0.3) is 10.4 Å². The SMILES string of the molecule is C[C@@H]1CN(Cc2ccccc2)C[C@H]1N=[N+]=[N-]. The molecule has 4 heteroatoms. The van der Waals surface area contributed by atoms with Crippen molar-refractivity contribution in [1.82, 2.24) is 4.90 Å². The number of nitrogens with zero attached hydrogens (tertiary/aromatic N) is 4. The molecule has 1 heterocycles. The lowest BCUT2D eigenvalue weighted by Gasteiger charge is -2.14. The van der Waals surface area contributed by atoms with E-state index in [0.717, 1.165) is 19.6 Å². The Bertz CT molecular complexity index is 383. The smallest absolute Gasteiger partial charge is 0.0539 e. The summed E-state index contributed by atoms with van der Waals surface area (Å²) in [6.45, 7) is 4.98. The van der Waals surface area contributed by atoms with E-state index in [1.807, 2.05) is 6.07 Å². The van der Waals surface area contributed by atoms with Gasteiger partial charge in [-0.15, -0.1) is 0 Å². The molecule has 16 heavy (non-hydrogen) atoms. The number of likely N-dealkylation sites (tertiary alicyclic amines) is 1. The maximum Gasteiger partial charge on any atom is 0.0539 e. The van der Waals surface area contributed by atoms with Crippen LogP contribution in [0.2, 0.25) is 0 Å². The van der Waals surface area contributed by atoms with Crippen LogP contribution >= 0.6 is 0 Å². The number of hydrogen-bond acceptors (Lipinski definition) is 2. The van der Waals surface area contributed by atoms with Crippen molar-refractivity contribution in [2.45, 2.75) is 19.5 Å². The van der Waals surface area contributed by atoms with Crippen molar-refractivity contribution in [3.63, 3.8) is 0 Å². The Balaban J connectivity index is 1.96. The van der Waals surface area contributed by atoms with Crippen molar-refractivity contribution in [1.29, 1.82) is 0 Å². The minimum absolute atomic E-state index is 0.133. The molecule has 2 rings (SSSR count). The van der Waals surface area contributed by atoms with Crippen LogP contribution in [0.4, 0.5) is 0 Å². The Kier molecular flexibility index (Phi) is 3.44. The summed E-state index contributed by atoms with van der Waals surface area (Å²) in [7, 11) is 0. The van der Waals surface area contributed by atoms with E-state index in [2.05, 4.69) is 46.1 Å². The van der Waals surface area contributed by atoms with Crippen LogP contribution in [0.1, 0.15) is 12.5 Å². The van der Waals surface area contributed by atoms with Gasteiger partial charge in [0.2, 0.25) is 0 Å². The number of hydrogen-bond donors (Lipinski definition) is 0. The molecule has 1 aliphatic rings. The second kappa shape index (κ2) is 5.01. The average molecular weight is 216 g/mol. The molecular weight excluding hydrogens is 200 g/mol. The molecule has 0 spiro atoms. The molecule has 0 N–H and O–H groups in total. The van der Waals surface area contributed by atoms with E-state index >= 15 is 0 Å². The molecule has 1 aromatic rings. The Labute approximate surface area is 95.5 Å². The maximum atomic E-state index is 8.46. The average Bonchev–Trinajstić information content (AvgIpc) is 2.61. The van der Waals surface area contributed by atoms with Gasteiger partial charge in [-0.2, -0.15) is 0 Å². The van der Waals surface area contributed by atoms with E-state index in [-0.39, 0.29) is 6.04 Å². The molecule has 1 saturated heterocycles. The van der Waals surface area contributed by atoms with Gasteiger partial charge in [0, 0.05) is 24.5 Å². The normalized spacial score (nSPS) is 25.3. The second-order valence-corrected chi connectivity index (χ2v) is 4.43. The molecule has 0 aliphatic carbocycles. The van der Waals surface area contributed by atoms with Gasteiger partial charge < -0.3 is 0 Å². The van der Waals surface area contributed by atoms with Crippen molar-refractivity contribution < 1.29 is 0 Å². The first-order chi connectivity index (χ1) is 7.79. The fourth-order valence-electron chi connectivity index (χ4n) is 2.24. The van der Waals surface area contributed by atoms with Gasteiger partial charge in [0.1, 0.15) is 0 Å². The molecule has 0 radical (unpaired) electrons. The molecule has 2 atom stereocenters. The summed E-state index contributed by atoms with van der Waals surface area (Å²) in [6.07, 6.45) is 0. The Morgan fingerprint density at radius 3 is 2.81 bits per heavy atom. The molecule has 0 unspecified atom stereocenters. The third kappa shape index (κ3) is 2.54. The lowest BCUT2D eigenvalue weighted by Crippen LogP contribution is -2.20. The van der Waals surface area contributed by atoms with Crippen molar-refractivity contribution in [2.75, 3.05) is 13.1 Å². The summed E-state index contributed by atoms with van der Waals surface area (Å²) in [6, 6.07) is 10.5. The van der Waals surface area contributed by atoms with Crippen LogP contribution in [0.15, 0.2) is 35.4 Å². The van der Waals surface area contributed by atoms with E-state index in [1.165, 1.54) is 5.56 Å². The quantitative estimate of drug-likeness (QED) is 0.435. The fraction of sp³-hybridized carbons (Fsp3) is 0.500. The van der Waals surface area contributed by atoms with Crippen LogP contribution in [0, 0.1) is 5.92 Å². The molecule has 84 valence electrons. The van der Waals surface area contributed by atoms with Gasteiger partial charge in [0.15, 0.2) is 0 Å². The molecule has 1 aromatic carbocycles. The molecule has 0 amide bonds. The van der Waals surface area contributed by atoms with Gasteiger partial charge in [-0.1, -0.05) is 42.4 Å². The highest BCUT2D eigenvalue weighted by atomic mass is 15.2. The first-order valence-corrected chi connectivity index (χ1v) is 5.60. The first-order valence-electron chi connectivity index (χ1n) is 5.60. The molecule has 0 bridgehead atoms. The van der Waals surface area contributed by atoms with Gasteiger partial charge in [-0.05, 0) is 17.0 Å². The third-order valence-electron chi connectivity index (χ3n) is 3.10. The number of rotatable bonds is 3. The van der Waals surface area contributed by atoms with Crippen molar-refractivity contribution in [2.24, 2.45) is 11.0 Å². The zero-order valence-corrected chi connectivity index (χ0v) is 9.45. The molecule has 4 nitrogen and oxygen atoms in total. The van der Waals surface area contributed by atoms with E-state index in [1.54, 1.807) is 0 Å². The van der Waals surface area contributed by atoms with Crippen LogP contribution < -0.4 is 0 Å². The highest BCUT2D eigenvalue weighted by molar-refractivity contribution is 5.14. The van der Waals surface area contributed by atoms with E-state index < -0.39 is 0 Å². The van der Waals surface area contributed by atoms with Crippen LogP contribution in [-0.4, -0.2) is 24.0 Å². The van der Waals surface area contributed by atoms with Crippen molar-refractivity contribution >= 4 is 0 Å². The largest absolute Gasteiger partial charge is 0.298 e. The van der Waals surface area contributed by atoms with Gasteiger partial charge in [-0.25, -0.2) is 0 Å². The Morgan fingerprint density at radius 2 is 2.12 bits per heavy atom. The zero-order valence-electron chi connectivity index (χ0n) is 9.45. The fourth-order valence-corrected chi connectivity index (χ4v) is 2.24. The van der Waals surface area contributed by atoms with E-state index in [9.17, 15) is 0 Å². The van der Waals surface area contributed by atoms with E-state index in [4.69, 9.17) is 5.53 Å². The first kappa shape index (κ1) is 11.0. The Hall–Kier alpha value is -1.51. The lowest BCUT2D eigenvalue weighted by molar-refractivity contribution is 0.319. The number of benzene rings is 1. The summed E-state index contributed by atoms with van der Waals surface area (Å²) >= 11 is 0. The van der Waals surface area contributed by atoms with E-state index in [0.29, 0.717) is 5.92 Å². The Morgan fingerprint density at radius 1 is 1.38 bits per heavy atom. The minimum Gasteiger partial charge on any atom is -0.298 e. The van der Waals surface area contributed by atoms with Crippen LogP contribution in [0.3, 0.4) is 0 Å². The zero-order chi connectivity index (χ0) is 11.4. The molecule has 1 fully saturated rings. The highest BCUT2D eigenvalue weighted by Gasteiger charge is 2.28. The predicted molar refractivity (Wildman–Crippen MR) is 63.8 cm³/mol. The lowest BCUT2D eigenvalue weighted by atomic mass is 10.1. The second-order valence-electron chi connectivity index (χ2n) is 4.43. The molecule has 1 aliphatic heterocycles.